The number of esters is 1. The molecular formula is C21H19NO3. The fraction of sp³-hybridized carbons (Fsp3) is 0.143. The molecule has 1 unspecified atom stereocenters. The lowest BCUT2D eigenvalue weighted by Crippen LogP contribution is -2.06. The van der Waals surface area contributed by atoms with Gasteiger partial charge in [0, 0.05) is 13.1 Å². The first kappa shape index (κ1) is 16.7. The third-order valence-electron chi connectivity index (χ3n) is 3.91. The maximum atomic E-state index is 11.1. The molecule has 0 bridgehead atoms. The highest BCUT2D eigenvalue weighted by molar-refractivity contribution is 5.69. The second-order valence-corrected chi connectivity index (χ2v) is 5.62. The number of methoxy groups -OCH3 is 1. The van der Waals surface area contributed by atoms with Crippen LogP contribution in [-0.2, 0) is 4.79 Å². The Morgan fingerprint density at radius 3 is 1.96 bits per heavy atom. The van der Waals surface area contributed by atoms with Gasteiger partial charge in [-0.05, 0) is 47.5 Å². The third-order valence-corrected chi connectivity index (χ3v) is 3.91. The number of carbonyl (C=O) groups excluding carboxylic acids is 1. The number of benzene rings is 2. The monoisotopic (exact) mass is 333 g/mol. The zero-order valence-corrected chi connectivity index (χ0v) is 14.2. The molecule has 2 aromatic carbocycles. The van der Waals surface area contributed by atoms with Crippen LogP contribution in [0.3, 0.4) is 0 Å². The average Bonchev–Trinajstić information content (AvgIpc) is 2.64. The summed E-state index contributed by atoms with van der Waals surface area (Å²) in [6.07, 6.45) is 1.79. The SMILES string of the molecule is COc1ccc(C(c2ccc(OC(C)=O)cc2)c2ccccn2)cc1. The molecule has 4 heteroatoms. The zero-order valence-electron chi connectivity index (χ0n) is 14.2. The van der Waals surface area contributed by atoms with E-state index in [1.165, 1.54) is 6.92 Å². The van der Waals surface area contributed by atoms with Gasteiger partial charge in [-0.2, -0.15) is 0 Å². The number of hydrogen-bond acceptors (Lipinski definition) is 4. The van der Waals surface area contributed by atoms with Crippen molar-refractivity contribution >= 4 is 5.97 Å². The Morgan fingerprint density at radius 2 is 1.48 bits per heavy atom. The number of pyridine rings is 1. The fourth-order valence-electron chi connectivity index (χ4n) is 2.77. The van der Waals surface area contributed by atoms with Crippen molar-refractivity contribution in [2.75, 3.05) is 7.11 Å². The highest BCUT2D eigenvalue weighted by Crippen LogP contribution is 2.32. The number of rotatable bonds is 5. The Kier molecular flexibility index (Phi) is 5.09. The molecule has 3 rings (SSSR count). The summed E-state index contributed by atoms with van der Waals surface area (Å²) in [5, 5.41) is 0. The van der Waals surface area contributed by atoms with E-state index in [1.54, 1.807) is 25.4 Å². The number of nitrogens with zero attached hydrogens (tertiary/aromatic N) is 1. The molecule has 25 heavy (non-hydrogen) atoms. The molecule has 3 aromatic rings. The first-order chi connectivity index (χ1) is 12.2. The van der Waals surface area contributed by atoms with E-state index in [1.807, 2.05) is 54.6 Å². The van der Waals surface area contributed by atoms with Crippen LogP contribution in [0.25, 0.3) is 0 Å². The van der Waals surface area contributed by atoms with Gasteiger partial charge in [0.15, 0.2) is 0 Å². The van der Waals surface area contributed by atoms with Crippen molar-refractivity contribution in [3.8, 4) is 11.5 Å². The maximum absolute atomic E-state index is 11.1. The van der Waals surface area contributed by atoms with Crippen LogP contribution in [0.15, 0.2) is 72.9 Å². The van der Waals surface area contributed by atoms with E-state index in [0.717, 1.165) is 22.6 Å². The minimum atomic E-state index is -0.329. The molecule has 1 atom stereocenters. The molecule has 0 radical (unpaired) electrons. The van der Waals surface area contributed by atoms with Crippen LogP contribution in [0.5, 0.6) is 11.5 Å². The van der Waals surface area contributed by atoms with Crippen molar-refractivity contribution in [3.63, 3.8) is 0 Å². The van der Waals surface area contributed by atoms with Gasteiger partial charge < -0.3 is 9.47 Å². The predicted molar refractivity (Wildman–Crippen MR) is 95.9 cm³/mol. The minimum absolute atomic E-state index is 0.0153. The molecule has 0 N–H and O–H groups in total. The molecule has 0 aliphatic rings. The molecule has 126 valence electrons. The van der Waals surface area contributed by atoms with Crippen LogP contribution in [0.4, 0.5) is 0 Å². The molecular weight excluding hydrogens is 314 g/mol. The lowest BCUT2D eigenvalue weighted by Gasteiger charge is -2.18. The van der Waals surface area contributed by atoms with Crippen molar-refractivity contribution in [3.05, 3.63) is 89.7 Å². The van der Waals surface area contributed by atoms with Gasteiger partial charge in [0.25, 0.3) is 0 Å². The Balaban J connectivity index is 2.00. The van der Waals surface area contributed by atoms with Crippen molar-refractivity contribution in [2.24, 2.45) is 0 Å². The first-order valence-electron chi connectivity index (χ1n) is 8.00. The third kappa shape index (κ3) is 4.04. The molecule has 0 saturated carbocycles. The Bertz CT molecular complexity index is 827. The van der Waals surface area contributed by atoms with E-state index >= 15 is 0 Å². The average molecular weight is 333 g/mol. The number of aromatic nitrogens is 1. The lowest BCUT2D eigenvalue weighted by molar-refractivity contribution is -0.131. The van der Waals surface area contributed by atoms with Gasteiger partial charge in [0.2, 0.25) is 0 Å². The van der Waals surface area contributed by atoms with Crippen molar-refractivity contribution < 1.29 is 14.3 Å². The molecule has 0 aliphatic heterocycles. The summed E-state index contributed by atoms with van der Waals surface area (Å²) in [5.74, 6) is 1.00. The molecule has 0 spiro atoms. The summed E-state index contributed by atoms with van der Waals surface area (Å²) < 4.78 is 10.4. The second kappa shape index (κ2) is 7.62. The summed E-state index contributed by atoms with van der Waals surface area (Å²) >= 11 is 0. The zero-order chi connectivity index (χ0) is 17.6. The van der Waals surface area contributed by atoms with Crippen LogP contribution in [0.2, 0.25) is 0 Å². The quantitative estimate of drug-likeness (QED) is 0.519. The molecule has 0 amide bonds. The predicted octanol–water partition coefficient (Wildman–Crippen LogP) is 4.20. The van der Waals surface area contributed by atoms with E-state index in [4.69, 9.17) is 9.47 Å². The standard InChI is InChI=1S/C21H19NO3/c1-15(23)25-19-12-8-17(9-13-19)21(20-5-3-4-14-22-20)16-6-10-18(24-2)11-7-16/h3-14,21H,1-2H3. The van der Waals surface area contributed by atoms with Gasteiger partial charge in [-0.15, -0.1) is 0 Å². The highest BCUT2D eigenvalue weighted by Gasteiger charge is 2.18. The maximum Gasteiger partial charge on any atom is 0.308 e. The highest BCUT2D eigenvalue weighted by atomic mass is 16.5. The van der Waals surface area contributed by atoms with E-state index < -0.39 is 0 Å². The fourth-order valence-corrected chi connectivity index (χ4v) is 2.77. The Hall–Kier alpha value is -3.14. The molecule has 0 saturated heterocycles. The number of hydrogen-bond donors (Lipinski definition) is 0. The Morgan fingerprint density at radius 1 is 0.880 bits per heavy atom. The van der Waals surface area contributed by atoms with Crippen LogP contribution in [-0.4, -0.2) is 18.1 Å². The summed E-state index contributed by atoms with van der Waals surface area (Å²) in [5.41, 5.74) is 3.13. The van der Waals surface area contributed by atoms with Gasteiger partial charge in [0.1, 0.15) is 11.5 Å². The summed E-state index contributed by atoms with van der Waals surface area (Å²) in [7, 11) is 1.65. The van der Waals surface area contributed by atoms with Crippen molar-refractivity contribution in [1.29, 1.82) is 0 Å². The molecule has 1 aromatic heterocycles. The Labute approximate surface area is 147 Å². The second-order valence-electron chi connectivity index (χ2n) is 5.62. The van der Waals surface area contributed by atoms with Crippen LogP contribution >= 0.6 is 0 Å². The van der Waals surface area contributed by atoms with Gasteiger partial charge in [0.05, 0.1) is 18.7 Å². The van der Waals surface area contributed by atoms with Gasteiger partial charge in [-0.1, -0.05) is 30.3 Å². The molecule has 0 aliphatic carbocycles. The van der Waals surface area contributed by atoms with E-state index in [9.17, 15) is 4.79 Å². The largest absolute Gasteiger partial charge is 0.497 e. The van der Waals surface area contributed by atoms with Crippen molar-refractivity contribution in [2.45, 2.75) is 12.8 Å². The molecule has 0 fully saturated rings. The normalized spacial score (nSPS) is 11.6. The lowest BCUT2D eigenvalue weighted by atomic mass is 9.88. The summed E-state index contributed by atoms with van der Waals surface area (Å²) in [6, 6.07) is 21.4. The first-order valence-corrected chi connectivity index (χ1v) is 8.00. The number of ether oxygens (including phenoxy) is 2. The topological polar surface area (TPSA) is 48.4 Å². The van der Waals surface area contributed by atoms with E-state index in [0.29, 0.717) is 5.75 Å². The van der Waals surface area contributed by atoms with Crippen LogP contribution < -0.4 is 9.47 Å². The summed E-state index contributed by atoms with van der Waals surface area (Å²) in [4.78, 5) is 15.6. The van der Waals surface area contributed by atoms with E-state index in [2.05, 4.69) is 4.98 Å². The molecule has 4 nitrogen and oxygen atoms in total. The number of carbonyl (C=O) groups is 1. The van der Waals surface area contributed by atoms with Crippen LogP contribution in [0.1, 0.15) is 29.7 Å². The van der Waals surface area contributed by atoms with Gasteiger partial charge in [-0.3, -0.25) is 9.78 Å². The smallest absolute Gasteiger partial charge is 0.308 e. The van der Waals surface area contributed by atoms with Gasteiger partial charge in [-0.25, -0.2) is 0 Å². The van der Waals surface area contributed by atoms with Crippen molar-refractivity contribution in [1.82, 2.24) is 4.98 Å². The van der Waals surface area contributed by atoms with Crippen LogP contribution in [0, 0.1) is 0 Å². The minimum Gasteiger partial charge on any atom is -0.497 e. The molecule has 1 heterocycles. The summed E-state index contributed by atoms with van der Waals surface area (Å²) in [6.45, 7) is 1.39. The van der Waals surface area contributed by atoms with Gasteiger partial charge >= 0.3 is 5.97 Å². The van der Waals surface area contributed by atoms with E-state index in [-0.39, 0.29) is 11.9 Å².